The molecular formula is C15H26N4S. The summed E-state index contributed by atoms with van der Waals surface area (Å²) >= 11 is 1.75. The van der Waals surface area contributed by atoms with Crippen molar-refractivity contribution in [3.8, 4) is 0 Å². The van der Waals surface area contributed by atoms with Crippen molar-refractivity contribution in [1.29, 1.82) is 0 Å². The van der Waals surface area contributed by atoms with Gasteiger partial charge in [0.15, 0.2) is 5.96 Å². The Bertz CT molecular complexity index is 449. The quantitative estimate of drug-likeness (QED) is 0.648. The molecule has 0 radical (unpaired) electrons. The molecule has 2 N–H and O–H groups in total. The Morgan fingerprint density at radius 3 is 2.55 bits per heavy atom. The van der Waals surface area contributed by atoms with Gasteiger partial charge in [-0.05, 0) is 38.5 Å². The van der Waals surface area contributed by atoms with Crippen molar-refractivity contribution in [3.63, 3.8) is 0 Å². The molecule has 0 unspecified atom stereocenters. The van der Waals surface area contributed by atoms with Crippen molar-refractivity contribution < 1.29 is 0 Å². The van der Waals surface area contributed by atoms with Crippen LogP contribution in [0.1, 0.15) is 48.2 Å². The summed E-state index contributed by atoms with van der Waals surface area (Å²) in [5.41, 5.74) is 1.64. The highest BCUT2D eigenvalue weighted by Gasteiger charge is 2.34. The van der Waals surface area contributed by atoms with Crippen LogP contribution in [0.5, 0.6) is 0 Å². The van der Waals surface area contributed by atoms with Crippen LogP contribution in [0.3, 0.4) is 0 Å². The van der Waals surface area contributed by atoms with Crippen molar-refractivity contribution in [3.05, 3.63) is 15.6 Å². The number of thiazole rings is 1. The molecular weight excluding hydrogens is 268 g/mol. The molecule has 1 aromatic rings. The Balaban J connectivity index is 1.81. The van der Waals surface area contributed by atoms with Gasteiger partial charge in [0.1, 0.15) is 5.01 Å². The van der Waals surface area contributed by atoms with Crippen LogP contribution in [-0.4, -0.2) is 24.5 Å². The first-order valence-corrected chi connectivity index (χ1v) is 8.27. The van der Waals surface area contributed by atoms with E-state index in [0.717, 1.165) is 29.8 Å². The molecule has 0 atom stereocenters. The van der Waals surface area contributed by atoms with E-state index in [1.165, 1.54) is 30.6 Å². The number of nitrogens with one attached hydrogen (secondary N) is 2. The van der Waals surface area contributed by atoms with Gasteiger partial charge in [0.05, 0.1) is 12.2 Å². The Labute approximate surface area is 126 Å². The second-order valence-corrected chi connectivity index (χ2v) is 7.02. The molecule has 1 heterocycles. The minimum Gasteiger partial charge on any atom is -0.356 e. The third-order valence-electron chi connectivity index (χ3n) is 4.50. The number of aliphatic imine (C=N–C) groups is 1. The molecule has 1 aliphatic carbocycles. The second kappa shape index (κ2) is 6.57. The van der Waals surface area contributed by atoms with Crippen molar-refractivity contribution in [1.82, 2.24) is 15.6 Å². The highest BCUT2D eigenvalue weighted by Crippen LogP contribution is 2.42. The predicted octanol–water partition coefficient (Wildman–Crippen LogP) is 3.01. The summed E-state index contributed by atoms with van der Waals surface area (Å²) < 4.78 is 0. The fraction of sp³-hybridized carbons (Fsp3) is 0.733. The second-order valence-electron chi connectivity index (χ2n) is 5.74. The fourth-order valence-corrected chi connectivity index (χ4v) is 3.47. The lowest BCUT2D eigenvalue weighted by molar-refractivity contribution is 0.131. The lowest BCUT2D eigenvalue weighted by Crippen LogP contribution is -2.46. The molecule has 1 aromatic heterocycles. The van der Waals surface area contributed by atoms with E-state index in [1.807, 2.05) is 7.05 Å². The lowest BCUT2D eigenvalue weighted by Gasteiger charge is -2.41. The topological polar surface area (TPSA) is 49.3 Å². The molecule has 0 saturated heterocycles. The van der Waals surface area contributed by atoms with Gasteiger partial charge in [-0.3, -0.25) is 4.99 Å². The van der Waals surface area contributed by atoms with Crippen molar-refractivity contribution >= 4 is 17.3 Å². The molecule has 2 rings (SSSR count). The van der Waals surface area contributed by atoms with Crippen LogP contribution in [-0.2, 0) is 6.54 Å². The molecule has 1 aliphatic rings. The zero-order valence-corrected chi connectivity index (χ0v) is 13.9. The van der Waals surface area contributed by atoms with Gasteiger partial charge in [-0.2, -0.15) is 0 Å². The van der Waals surface area contributed by atoms with Crippen LogP contribution in [0.4, 0.5) is 0 Å². The highest BCUT2D eigenvalue weighted by molar-refractivity contribution is 7.11. The number of aryl methyl sites for hydroxylation is 2. The zero-order chi connectivity index (χ0) is 14.6. The fourth-order valence-electron chi connectivity index (χ4n) is 2.60. The van der Waals surface area contributed by atoms with Gasteiger partial charge in [0.25, 0.3) is 0 Å². The third kappa shape index (κ3) is 3.51. The van der Waals surface area contributed by atoms with E-state index in [1.54, 1.807) is 11.3 Å². The average molecular weight is 294 g/mol. The number of hydrogen-bond acceptors (Lipinski definition) is 3. The highest BCUT2D eigenvalue weighted by atomic mass is 32.1. The first-order valence-electron chi connectivity index (χ1n) is 7.46. The Morgan fingerprint density at radius 1 is 1.35 bits per heavy atom. The maximum Gasteiger partial charge on any atom is 0.191 e. The largest absolute Gasteiger partial charge is 0.356 e. The number of guanidine groups is 1. The number of rotatable bonds is 5. The minimum absolute atomic E-state index is 0.506. The van der Waals surface area contributed by atoms with Crippen LogP contribution < -0.4 is 10.6 Å². The van der Waals surface area contributed by atoms with Gasteiger partial charge >= 0.3 is 0 Å². The summed E-state index contributed by atoms with van der Waals surface area (Å²) in [6.07, 6.45) is 5.32. The molecule has 4 nitrogen and oxygen atoms in total. The average Bonchev–Trinajstić information content (AvgIpc) is 2.71. The number of nitrogens with zero attached hydrogens (tertiary/aromatic N) is 2. The molecule has 5 heteroatoms. The SMILES string of the molecule is CCC1(CNC(=NC)NCc2nc(C)c(C)s2)CCC1. The summed E-state index contributed by atoms with van der Waals surface area (Å²) in [6, 6.07) is 0. The van der Waals surface area contributed by atoms with Gasteiger partial charge in [-0.25, -0.2) is 4.98 Å². The Hall–Kier alpha value is -1.10. The van der Waals surface area contributed by atoms with Crippen LogP contribution in [0, 0.1) is 19.3 Å². The van der Waals surface area contributed by atoms with Gasteiger partial charge in [0.2, 0.25) is 0 Å². The zero-order valence-electron chi connectivity index (χ0n) is 13.0. The maximum atomic E-state index is 4.54. The van der Waals surface area contributed by atoms with E-state index < -0.39 is 0 Å². The molecule has 1 saturated carbocycles. The van der Waals surface area contributed by atoms with E-state index in [4.69, 9.17) is 0 Å². The van der Waals surface area contributed by atoms with Gasteiger partial charge in [-0.1, -0.05) is 13.3 Å². The Kier molecular flexibility index (Phi) is 5.02. The first-order chi connectivity index (χ1) is 9.58. The molecule has 0 spiro atoms. The molecule has 0 aromatic carbocycles. The third-order valence-corrected chi connectivity index (χ3v) is 5.57. The van der Waals surface area contributed by atoms with E-state index in [-0.39, 0.29) is 0 Å². The molecule has 112 valence electrons. The van der Waals surface area contributed by atoms with Crippen molar-refractivity contribution in [2.45, 2.75) is 53.0 Å². The monoisotopic (exact) mass is 294 g/mol. The van der Waals surface area contributed by atoms with Crippen molar-refractivity contribution in [2.75, 3.05) is 13.6 Å². The normalized spacial score (nSPS) is 17.7. The summed E-state index contributed by atoms with van der Waals surface area (Å²) in [6.45, 7) is 8.24. The molecule has 20 heavy (non-hydrogen) atoms. The molecule has 0 amide bonds. The summed E-state index contributed by atoms with van der Waals surface area (Å²) in [5, 5.41) is 7.95. The Morgan fingerprint density at radius 2 is 2.10 bits per heavy atom. The van der Waals surface area contributed by atoms with Crippen LogP contribution in [0.2, 0.25) is 0 Å². The van der Waals surface area contributed by atoms with Crippen LogP contribution >= 0.6 is 11.3 Å². The van der Waals surface area contributed by atoms with Crippen molar-refractivity contribution in [2.24, 2.45) is 10.4 Å². The smallest absolute Gasteiger partial charge is 0.191 e. The summed E-state index contributed by atoms with van der Waals surface area (Å²) in [5.74, 6) is 0.884. The van der Waals surface area contributed by atoms with E-state index in [9.17, 15) is 0 Å². The summed E-state index contributed by atoms with van der Waals surface area (Å²) in [4.78, 5) is 10.1. The predicted molar refractivity (Wildman–Crippen MR) is 86.4 cm³/mol. The van der Waals surface area contributed by atoms with E-state index in [2.05, 4.69) is 41.4 Å². The lowest BCUT2D eigenvalue weighted by atomic mass is 9.67. The van der Waals surface area contributed by atoms with Crippen LogP contribution in [0.15, 0.2) is 4.99 Å². The molecule has 0 bridgehead atoms. The molecule has 0 aliphatic heterocycles. The van der Waals surface area contributed by atoms with Gasteiger partial charge < -0.3 is 10.6 Å². The molecule has 1 fully saturated rings. The van der Waals surface area contributed by atoms with E-state index >= 15 is 0 Å². The van der Waals surface area contributed by atoms with Crippen LogP contribution in [0.25, 0.3) is 0 Å². The number of hydrogen-bond donors (Lipinski definition) is 2. The standard InChI is InChI=1S/C15H26N4S/c1-5-15(7-6-8-15)10-18-14(16-4)17-9-13-19-11(2)12(3)20-13/h5-10H2,1-4H3,(H2,16,17,18). The van der Waals surface area contributed by atoms with E-state index in [0.29, 0.717) is 5.41 Å². The summed E-state index contributed by atoms with van der Waals surface area (Å²) in [7, 11) is 1.83. The minimum atomic E-state index is 0.506. The number of aromatic nitrogens is 1. The first kappa shape index (κ1) is 15.3. The maximum absolute atomic E-state index is 4.54. The van der Waals surface area contributed by atoms with Gasteiger partial charge in [-0.15, -0.1) is 11.3 Å². The van der Waals surface area contributed by atoms with Gasteiger partial charge in [0, 0.05) is 18.5 Å².